The zero-order chi connectivity index (χ0) is 22.9. The molecule has 1 aliphatic carbocycles. The van der Waals surface area contributed by atoms with Crippen molar-refractivity contribution in [2.45, 2.75) is 12.5 Å². The molecule has 0 amide bonds. The van der Waals surface area contributed by atoms with Crippen LogP contribution in [0.1, 0.15) is 23.2 Å². The largest absolute Gasteiger partial charge is 0.371 e. The van der Waals surface area contributed by atoms with Crippen molar-refractivity contribution < 1.29 is 13.3 Å². The van der Waals surface area contributed by atoms with Crippen LogP contribution >= 0.6 is 0 Å². The molecule has 4 aromatic rings. The number of hydrogen-bond donors (Lipinski definition) is 0. The van der Waals surface area contributed by atoms with Gasteiger partial charge in [-0.25, -0.2) is 18.7 Å². The normalized spacial score (nSPS) is 21.4. The Labute approximate surface area is 185 Å². The fourth-order valence-electron chi connectivity index (χ4n) is 4.80. The molecule has 1 aromatic carbocycles. The second-order valence-corrected chi connectivity index (χ2v) is 8.44. The van der Waals surface area contributed by atoms with E-state index in [0.717, 1.165) is 0 Å². The molecule has 33 heavy (non-hydrogen) atoms. The van der Waals surface area contributed by atoms with Crippen molar-refractivity contribution >= 4 is 16.9 Å². The molecule has 3 atom stereocenters. The maximum Gasteiger partial charge on any atom is 0.280 e. The van der Waals surface area contributed by atoms with Crippen LogP contribution in [0.5, 0.6) is 0 Å². The van der Waals surface area contributed by atoms with Crippen molar-refractivity contribution in [1.29, 1.82) is 0 Å². The van der Waals surface area contributed by atoms with Gasteiger partial charge in [-0.1, -0.05) is 11.1 Å². The summed E-state index contributed by atoms with van der Waals surface area (Å²) >= 11 is 0. The number of halogens is 2. The second-order valence-electron chi connectivity index (χ2n) is 8.44. The topological polar surface area (TPSA) is 94.9 Å². The minimum Gasteiger partial charge on any atom is -0.371 e. The lowest BCUT2D eigenvalue weighted by Gasteiger charge is -2.22. The van der Waals surface area contributed by atoms with Gasteiger partial charge in [0.05, 0.1) is 11.9 Å². The number of aryl methyl sites for hydroxylation is 1. The van der Waals surface area contributed by atoms with Gasteiger partial charge in [-0.15, -0.1) is 6.42 Å². The highest BCUT2D eigenvalue weighted by molar-refractivity contribution is 5.68. The molecule has 0 radical (unpaired) electrons. The molecule has 166 valence electrons. The summed E-state index contributed by atoms with van der Waals surface area (Å²) in [4.78, 5) is 27.4. The summed E-state index contributed by atoms with van der Waals surface area (Å²) in [5.41, 5.74) is 0.665. The van der Waals surface area contributed by atoms with Crippen LogP contribution in [0.25, 0.3) is 11.2 Å². The summed E-state index contributed by atoms with van der Waals surface area (Å²) in [7, 11) is 1.73. The number of aromatic nitrogens is 6. The standard InChI is InChI=1S/C22H17F2N7O2/c1-3-12-15(23)4-11(5-16(12)24)30-6-13-14(7-30)18(13)20-27-17(33-28-20)8-31-10-26-21-19(22(31)32)29(2)9-25-21/h1,4-5,9-10,13-14,18H,6-8H2,2H3/t13-,14+,18?. The predicted octanol–water partition coefficient (Wildman–Crippen LogP) is 1.67. The minimum atomic E-state index is -0.735. The quantitative estimate of drug-likeness (QED) is 0.438. The molecule has 2 fully saturated rings. The highest BCUT2D eigenvalue weighted by atomic mass is 19.1. The zero-order valence-corrected chi connectivity index (χ0v) is 17.4. The van der Waals surface area contributed by atoms with Gasteiger partial charge in [0.15, 0.2) is 17.0 Å². The van der Waals surface area contributed by atoms with Crippen LogP contribution < -0.4 is 10.5 Å². The smallest absolute Gasteiger partial charge is 0.280 e. The van der Waals surface area contributed by atoms with Gasteiger partial charge >= 0.3 is 0 Å². The fourth-order valence-corrected chi connectivity index (χ4v) is 4.80. The Bertz CT molecular complexity index is 1480. The maximum atomic E-state index is 14.0. The summed E-state index contributed by atoms with van der Waals surface area (Å²) in [6, 6.07) is 2.55. The average Bonchev–Trinajstić information content (AvgIpc) is 3.20. The van der Waals surface area contributed by atoms with E-state index in [2.05, 4.69) is 20.1 Å². The molecule has 0 N–H and O–H groups in total. The van der Waals surface area contributed by atoms with E-state index in [4.69, 9.17) is 10.9 Å². The number of imidazole rings is 1. The van der Waals surface area contributed by atoms with Gasteiger partial charge in [0.25, 0.3) is 5.56 Å². The third kappa shape index (κ3) is 3.01. The molecule has 4 heterocycles. The van der Waals surface area contributed by atoms with Gasteiger partial charge in [0.2, 0.25) is 5.89 Å². The Morgan fingerprint density at radius 3 is 2.58 bits per heavy atom. The summed E-state index contributed by atoms with van der Waals surface area (Å²) in [6.07, 6.45) is 8.11. The number of piperidine rings is 1. The van der Waals surface area contributed by atoms with E-state index in [-0.39, 0.29) is 35.4 Å². The monoisotopic (exact) mass is 449 g/mol. The van der Waals surface area contributed by atoms with E-state index < -0.39 is 11.6 Å². The SMILES string of the molecule is C#Cc1c(F)cc(N2C[C@@H]3C(c4noc(Cn5cnc6ncn(C)c6c5=O)n4)[C@@H]3C2)cc1F. The van der Waals surface area contributed by atoms with Gasteiger partial charge in [0, 0.05) is 31.7 Å². The third-order valence-electron chi connectivity index (χ3n) is 6.52. The lowest BCUT2D eigenvalue weighted by molar-refractivity contribution is 0.363. The Balaban J connectivity index is 1.16. The van der Waals surface area contributed by atoms with Gasteiger partial charge in [-0.3, -0.25) is 9.36 Å². The Morgan fingerprint density at radius 1 is 1.18 bits per heavy atom. The number of anilines is 1. The highest BCUT2D eigenvalue weighted by Gasteiger charge is 2.58. The molecule has 1 aliphatic heterocycles. The van der Waals surface area contributed by atoms with Crippen LogP contribution in [-0.2, 0) is 13.6 Å². The van der Waals surface area contributed by atoms with Crippen LogP contribution in [0.2, 0.25) is 0 Å². The molecular weight excluding hydrogens is 432 g/mol. The van der Waals surface area contributed by atoms with E-state index in [9.17, 15) is 13.6 Å². The van der Waals surface area contributed by atoms with E-state index >= 15 is 0 Å². The molecule has 1 saturated heterocycles. The van der Waals surface area contributed by atoms with Gasteiger partial charge < -0.3 is 14.0 Å². The Kier molecular flexibility index (Phi) is 4.14. The second kappa shape index (κ2) is 6.96. The minimum absolute atomic E-state index is 0.105. The van der Waals surface area contributed by atoms with Crippen molar-refractivity contribution in [1.82, 2.24) is 29.2 Å². The van der Waals surface area contributed by atoms with Crippen molar-refractivity contribution in [3.8, 4) is 12.3 Å². The van der Waals surface area contributed by atoms with Crippen molar-refractivity contribution in [3.05, 3.63) is 64.1 Å². The van der Waals surface area contributed by atoms with Crippen molar-refractivity contribution in [3.63, 3.8) is 0 Å². The summed E-state index contributed by atoms with van der Waals surface area (Å²) < 4.78 is 36.5. The third-order valence-corrected chi connectivity index (χ3v) is 6.52. The van der Waals surface area contributed by atoms with Gasteiger partial charge in [-0.2, -0.15) is 4.98 Å². The number of terminal acetylenes is 1. The molecule has 3 aromatic heterocycles. The first-order chi connectivity index (χ1) is 15.9. The number of fused-ring (bicyclic) bond motifs is 2. The number of nitrogens with zero attached hydrogens (tertiary/aromatic N) is 7. The van der Waals surface area contributed by atoms with Crippen LogP contribution in [0, 0.1) is 35.8 Å². The van der Waals surface area contributed by atoms with E-state index in [1.54, 1.807) is 11.6 Å². The van der Waals surface area contributed by atoms with Crippen LogP contribution in [0.3, 0.4) is 0 Å². The fraction of sp³-hybridized carbons (Fsp3) is 0.318. The molecular formula is C22H17F2N7O2. The lowest BCUT2D eigenvalue weighted by atomic mass is 10.1. The molecule has 2 aliphatic rings. The molecule has 0 bridgehead atoms. The highest BCUT2D eigenvalue weighted by Crippen LogP contribution is 2.58. The molecule has 1 unspecified atom stereocenters. The van der Waals surface area contributed by atoms with Crippen LogP contribution in [0.15, 0.2) is 34.1 Å². The van der Waals surface area contributed by atoms with E-state index in [0.29, 0.717) is 41.7 Å². The molecule has 1 saturated carbocycles. The molecule has 11 heteroatoms. The summed E-state index contributed by atoms with van der Waals surface area (Å²) in [5, 5.41) is 4.10. The van der Waals surface area contributed by atoms with E-state index in [1.807, 2.05) is 10.8 Å². The Morgan fingerprint density at radius 2 is 1.88 bits per heavy atom. The Hall–Kier alpha value is -4.07. The molecule has 0 spiro atoms. The van der Waals surface area contributed by atoms with E-state index in [1.165, 1.54) is 29.4 Å². The number of rotatable bonds is 4. The first-order valence-electron chi connectivity index (χ1n) is 10.3. The first kappa shape index (κ1) is 19.6. The van der Waals surface area contributed by atoms with Crippen LogP contribution in [0.4, 0.5) is 14.5 Å². The zero-order valence-electron chi connectivity index (χ0n) is 17.4. The summed E-state index contributed by atoms with van der Waals surface area (Å²) in [6.45, 7) is 1.37. The van der Waals surface area contributed by atoms with Crippen LogP contribution in [-0.4, -0.2) is 42.3 Å². The first-order valence-corrected chi connectivity index (χ1v) is 10.3. The van der Waals surface area contributed by atoms with Gasteiger partial charge in [-0.05, 0) is 24.0 Å². The van der Waals surface area contributed by atoms with Crippen molar-refractivity contribution in [2.24, 2.45) is 18.9 Å². The average molecular weight is 449 g/mol. The number of benzene rings is 1. The van der Waals surface area contributed by atoms with Gasteiger partial charge in [0.1, 0.15) is 24.5 Å². The maximum absolute atomic E-state index is 14.0. The van der Waals surface area contributed by atoms with Crippen molar-refractivity contribution in [2.75, 3.05) is 18.0 Å². The lowest BCUT2D eigenvalue weighted by Crippen LogP contribution is -2.24. The number of hydrogen-bond acceptors (Lipinski definition) is 7. The predicted molar refractivity (Wildman–Crippen MR) is 112 cm³/mol. The summed E-state index contributed by atoms with van der Waals surface area (Å²) in [5.74, 6) is 2.12. The molecule has 6 rings (SSSR count). The molecule has 9 nitrogen and oxygen atoms in total.